The molecule has 0 atom stereocenters. The SMILES string of the molecule is Nc1c(F)cc(F)cc1C1CCCC1. The summed E-state index contributed by atoms with van der Waals surface area (Å²) in [4.78, 5) is 0. The van der Waals surface area contributed by atoms with E-state index in [0.717, 1.165) is 31.7 Å². The molecule has 1 saturated carbocycles. The summed E-state index contributed by atoms with van der Waals surface area (Å²) in [6.45, 7) is 0. The Labute approximate surface area is 81.9 Å². The zero-order valence-corrected chi connectivity index (χ0v) is 7.89. The van der Waals surface area contributed by atoms with E-state index in [-0.39, 0.29) is 11.6 Å². The van der Waals surface area contributed by atoms with Gasteiger partial charge in [0.05, 0.1) is 5.69 Å². The first-order valence-electron chi connectivity index (χ1n) is 4.93. The van der Waals surface area contributed by atoms with Crippen LogP contribution in [0, 0.1) is 11.6 Å². The van der Waals surface area contributed by atoms with Crippen LogP contribution in [0.5, 0.6) is 0 Å². The molecule has 1 aliphatic carbocycles. The summed E-state index contributed by atoms with van der Waals surface area (Å²) >= 11 is 0. The predicted octanol–water partition coefficient (Wildman–Crippen LogP) is 3.20. The van der Waals surface area contributed by atoms with Crippen molar-refractivity contribution >= 4 is 5.69 Å². The van der Waals surface area contributed by atoms with Gasteiger partial charge in [0.1, 0.15) is 11.6 Å². The van der Waals surface area contributed by atoms with E-state index in [2.05, 4.69) is 0 Å². The molecule has 1 aromatic carbocycles. The summed E-state index contributed by atoms with van der Waals surface area (Å²) in [5.74, 6) is -0.911. The van der Waals surface area contributed by atoms with Crippen molar-refractivity contribution in [3.8, 4) is 0 Å². The monoisotopic (exact) mass is 197 g/mol. The van der Waals surface area contributed by atoms with Crippen molar-refractivity contribution < 1.29 is 8.78 Å². The fourth-order valence-electron chi connectivity index (χ4n) is 2.18. The number of benzene rings is 1. The highest BCUT2D eigenvalue weighted by atomic mass is 19.1. The van der Waals surface area contributed by atoms with Gasteiger partial charge < -0.3 is 5.73 Å². The van der Waals surface area contributed by atoms with E-state index in [1.807, 2.05) is 0 Å². The molecule has 14 heavy (non-hydrogen) atoms. The third-order valence-corrected chi connectivity index (χ3v) is 2.92. The molecule has 0 heterocycles. The Kier molecular flexibility index (Phi) is 2.40. The van der Waals surface area contributed by atoms with Gasteiger partial charge in [-0.3, -0.25) is 0 Å². The average Bonchev–Trinajstić information content (AvgIpc) is 2.63. The molecule has 2 N–H and O–H groups in total. The number of hydrogen-bond donors (Lipinski definition) is 1. The minimum atomic E-state index is -0.632. The van der Waals surface area contributed by atoms with Crippen molar-refractivity contribution in [2.24, 2.45) is 0 Å². The molecule has 0 spiro atoms. The molecule has 0 aliphatic heterocycles. The lowest BCUT2D eigenvalue weighted by molar-refractivity contribution is 0.576. The van der Waals surface area contributed by atoms with Gasteiger partial charge in [-0.25, -0.2) is 8.78 Å². The van der Waals surface area contributed by atoms with Gasteiger partial charge in [0.2, 0.25) is 0 Å². The molecular formula is C11H13F2N. The van der Waals surface area contributed by atoms with Crippen LogP contribution in [-0.2, 0) is 0 Å². The van der Waals surface area contributed by atoms with Crippen LogP contribution < -0.4 is 5.73 Å². The molecule has 0 radical (unpaired) electrons. The zero-order valence-electron chi connectivity index (χ0n) is 7.89. The first kappa shape index (κ1) is 9.44. The summed E-state index contributed by atoms with van der Waals surface area (Å²) in [6, 6.07) is 2.21. The van der Waals surface area contributed by atoms with Crippen molar-refractivity contribution in [3.05, 3.63) is 29.3 Å². The fourth-order valence-corrected chi connectivity index (χ4v) is 2.18. The highest BCUT2D eigenvalue weighted by Crippen LogP contribution is 2.37. The average molecular weight is 197 g/mol. The maximum absolute atomic E-state index is 13.1. The molecule has 1 aromatic rings. The fraction of sp³-hybridized carbons (Fsp3) is 0.455. The molecule has 1 aliphatic rings. The van der Waals surface area contributed by atoms with Crippen LogP contribution in [0.25, 0.3) is 0 Å². The van der Waals surface area contributed by atoms with Crippen LogP contribution in [0.2, 0.25) is 0 Å². The number of hydrogen-bond acceptors (Lipinski definition) is 1. The minimum Gasteiger partial charge on any atom is -0.396 e. The molecule has 0 aromatic heterocycles. The maximum Gasteiger partial charge on any atom is 0.149 e. The highest BCUT2D eigenvalue weighted by Gasteiger charge is 2.21. The van der Waals surface area contributed by atoms with Crippen molar-refractivity contribution in [2.45, 2.75) is 31.6 Å². The molecule has 0 saturated heterocycles. The van der Waals surface area contributed by atoms with Crippen LogP contribution in [0.3, 0.4) is 0 Å². The van der Waals surface area contributed by atoms with Gasteiger partial charge in [-0.05, 0) is 30.4 Å². The van der Waals surface area contributed by atoms with Crippen molar-refractivity contribution in [1.82, 2.24) is 0 Å². The van der Waals surface area contributed by atoms with Crippen molar-refractivity contribution in [1.29, 1.82) is 0 Å². The second kappa shape index (κ2) is 3.56. The van der Waals surface area contributed by atoms with Crippen LogP contribution in [0.4, 0.5) is 14.5 Å². The van der Waals surface area contributed by atoms with E-state index in [1.54, 1.807) is 0 Å². The standard InChI is InChI=1S/C11H13F2N/c12-8-5-9(7-3-1-2-4-7)11(14)10(13)6-8/h5-7H,1-4,14H2. The third-order valence-electron chi connectivity index (χ3n) is 2.92. The minimum absolute atomic E-state index is 0.123. The van der Waals surface area contributed by atoms with Crippen LogP contribution in [-0.4, -0.2) is 0 Å². The van der Waals surface area contributed by atoms with Crippen LogP contribution >= 0.6 is 0 Å². The van der Waals surface area contributed by atoms with E-state index in [9.17, 15) is 8.78 Å². The van der Waals surface area contributed by atoms with Gasteiger partial charge in [0, 0.05) is 6.07 Å². The van der Waals surface area contributed by atoms with Crippen molar-refractivity contribution in [3.63, 3.8) is 0 Å². The molecule has 1 nitrogen and oxygen atoms in total. The first-order valence-corrected chi connectivity index (χ1v) is 4.93. The molecule has 1 fully saturated rings. The highest BCUT2D eigenvalue weighted by molar-refractivity contribution is 5.50. The van der Waals surface area contributed by atoms with Gasteiger partial charge in [-0.1, -0.05) is 12.8 Å². The summed E-state index contributed by atoms with van der Waals surface area (Å²) in [5.41, 5.74) is 6.37. The third kappa shape index (κ3) is 1.59. The number of rotatable bonds is 1. The Hall–Kier alpha value is -1.12. The molecule has 2 rings (SSSR count). The lowest BCUT2D eigenvalue weighted by Crippen LogP contribution is -2.02. The van der Waals surface area contributed by atoms with Gasteiger partial charge in [-0.2, -0.15) is 0 Å². The smallest absolute Gasteiger partial charge is 0.149 e. The number of halogens is 2. The lowest BCUT2D eigenvalue weighted by atomic mass is 9.96. The van der Waals surface area contributed by atoms with E-state index >= 15 is 0 Å². The number of nitrogens with two attached hydrogens (primary N) is 1. The van der Waals surface area contributed by atoms with Crippen molar-refractivity contribution in [2.75, 3.05) is 5.73 Å². The molecular weight excluding hydrogens is 184 g/mol. The zero-order chi connectivity index (χ0) is 10.1. The second-order valence-electron chi connectivity index (χ2n) is 3.87. The molecule has 0 amide bonds. The molecule has 0 bridgehead atoms. The predicted molar refractivity (Wildman–Crippen MR) is 52.0 cm³/mol. The van der Waals surface area contributed by atoms with E-state index in [1.165, 1.54) is 6.07 Å². The van der Waals surface area contributed by atoms with Crippen LogP contribution in [0.1, 0.15) is 37.2 Å². The number of nitrogen functional groups attached to an aromatic ring is 1. The lowest BCUT2D eigenvalue weighted by Gasteiger charge is -2.13. The normalized spacial score (nSPS) is 17.6. The Morgan fingerprint density at radius 3 is 2.43 bits per heavy atom. The topological polar surface area (TPSA) is 26.0 Å². The van der Waals surface area contributed by atoms with E-state index in [0.29, 0.717) is 5.56 Å². The Balaban J connectivity index is 2.40. The molecule has 3 heteroatoms. The van der Waals surface area contributed by atoms with Gasteiger partial charge in [-0.15, -0.1) is 0 Å². The second-order valence-corrected chi connectivity index (χ2v) is 3.87. The van der Waals surface area contributed by atoms with Gasteiger partial charge >= 0.3 is 0 Å². The summed E-state index contributed by atoms with van der Waals surface area (Å²) in [6.07, 6.45) is 4.24. The summed E-state index contributed by atoms with van der Waals surface area (Å²) in [7, 11) is 0. The number of anilines is 1. The summed E-state index contributed by atoms with van der Waals surface area (Å²) in [5, 5.41) is 0. The van der Waals surface area contributed by atoms with E-state index in [4.69, 9.17) is 5.73 Å². The summed E-state index contributed by atoms with van der Waals surface area (Å²) < 4.78 is 26.1. The Morgan fingerprint density at radius 1 is 1.14 bits per heavy atom. The molecule has 0 unspecified atom stereocenters. The Morgan fingerprint density at radius 2 is 1.79 bits per heavy atom. The largest absolute Gasteiger partial charge is 0.396 e. The van der Waals surface area contributed by atoms with Gasteiger partial charge in [0.15, 0.2) is 0 Å². The van der Waals surface area contributed by atoms with Crippen LogP contribution in [0.15, 0.2) is 12.1 Å². The maximum atomic E-state index is 13.1. The first-order chi connectivity index (χ1) is 6.68. The quantitative estimate of drug-likeness (QED) is 0.687. The molecule has 76 valence electrons. The van der Waals surface area contributed by atoms with E-state index < -0.39 is 11.6 Å². The Bertz CT molecular complexity index is 343. The van der Waals surface area contributed by atoms with Gasteiger partial charge in [0.25, 0.3) is 0 Å².